The lowest BCUT2D eigenvalue weighted by molar-refractivity contribution is -0.274. The fourth-order valence-corrected chi connectivity index (χ4v) is 10.1. The van der Waals surface area contributed by atoms with Gasteiger partial charge in [0, 0.05) is 19.5 Å². The fourth-order valence-electron chi connectivity index (χ4n) is 10.1. The monoisotopic (exact) mass is 1050 g/mol. The van der Waals surface area contributed by atoms with Gasteiger partial charge in [-0.3, -0.25) is 14.4 Å². The van der Waals surface area contributed by atoms with Crippen LogP contribution in [0.3, 0.4) is 0 Å². The van der Waals surface area contributed by atoms with E-state index in [2.05, 4.69) is 5.32 Å². The molecule has 0 bridgehead atoms. The first-order valence-corrected chi connectivity index (χ1v) is 26.5. The fraction of sp³-hybridized carbons (Fsp3) is 0.383. The van der Waals surface area contributed by atoms with E-state index < -0.39 is 66.0 Å². The van der Waals surface area contributed by atoms with Gasteiger partial charge in [-0.05, 0) is 101 Å². The molecule has 4 atom stereocenters. The maximum atomic E-state index is 15.2. The third kappa shape index (κ3) is 13.3. The largest absolute Gasteiger partial charge is 0.459 e. The minimum absolute atomic E-state index is 0.0106. The van der Waals surface area contributed by atoms with Gasteiger partial charge in [0.1, 0.15) is 44.0 Å². The Morgan fingerprint density at radius 3 is 1.82 bits per heavy atom. The predicted molar refractivity (Wildman–Crippen MR) is 285 cm³/mol. The molecule has 2 aliphatic heterocycles. The molecule has 0 radical (unpaired) electrons. The molecule has 17 nitrogen and oxygen atoms in total. The first-order valence-electron chi connectivity index (χ1n) is 26.5. The number of fused-ring (bicyclic) bond motifs is 3. The van der Waals surface area contributed by atoms with Crippen molar-refractivity contribution in [1.29, 1.82) is 0 Å². The van der Waals surface area contributed by atoms with E-state index in [0.717, 1.165) is 64.9 Å². The second-order valence-corrected chi connectivity index (χ2v) is 20.1. The molecule has 77 heavy (non-hydrogen) atoms. The van der Waals surface area contributed by atoms with E-state index in [-0.39, 0.29) is 76.9 Å². The van der Waals surface area contributed by atoms with Gasteiger partial charge in [-0.2, -0.15) is 5.01 Å². The molecule has 404 valence electrons. The molecule has 5 aromatic rings. The second-order valence-electron chi connectivity index (χ2n) is 20.1. The van der Waals surface area contributed by atoms with Gasteiger partial charge in [0.2, 0.25) is 11.8 Å². The number of amides is 5. The van der Waals surface area contributed by atoms with E-state index in [1.165, 1.54) is 14.0 Å². The Kier molecular flexibility index (Phi) is 18.4. The number of benzene rings is 5. The Hall–Kier alpha value is -8.05. The van der Waals surface area contributed by atoms with Gasteiger partial charge in [0.05, 0.1) is 13.0 Å². The summed E-state index contributed by atoms with van der Waals surface area (Å²) in [4.78, 5) is 108. The van der Waals surface area contributed by atoms with Gasteiger partial charge >= 0.3 is 24.1 Å². The number of rotatable bonds is 18. The number of aryl methyl sites for hydroxylation is 1. The average Bonchev–Trinajstić information content (AvgIpc) is 3.79. The number of likely N-dealkylation sites (N-methyl/N-ethyl adjacent to an activating group) is 1. The molecule has 5 amide bonds. The van der Waals surface area contributed by atoms with E-state index in [9.17, 15) is 24.0 Å². The molecule has 8 rings (SSSR count). The number of carbonyl (C=O) groups excluding carboxylic acids is 7. The molecule has 0 unspecified atom stereocenters. The minimum atomic E-state index is -1.36. The highest BCUT2D eigenvalue weighted by Crippen LogP contribution is 2.44. The summed E-state index contributed by atoms with van der Waals surface area (Å²) in [5.74, 6) is -3.96. The molecule has 2 fully saturated rings. The molecular weight excluding hydrogens is 981 g/mol. The van der Waals surface area contributed by atoms with Gasteiger partial charge < -0.3 is 29.3 Å². The zero-order valence-corrected chi connectivity index (χ0v) is 44.4. The van der Waals surface area contributed by atoms with Gasteiger partial charge in [-0.25, -0.2) is 29.2 Å². The molecule has 1 aliphatic carbocycles. The zero-order valence-electron chi connectivity index (χ0n) is 44.4. The molecule has 3 aliphatic rings. The summed E-state index contributed by atoms with van der Waals surface area (Å²) in [6.07, 6.45) is -0.119. The minimum Gasteiger partial charge on any atom is -0.459 e. The number of hydrogen-bond donors (Lipinski definition) is 1. The Bertz CT molecular complexity index is 2840. The van der Waals surface area contributed by atoms with Crippen molar-refractivity contribution in [2.75, 3.05) is 26.7 Å². The summed E-state index contributed by atoms with van der Waals surface area (Å²) in [6.45, 7) is 7.10. The lowest BCUT2D eigenvalue weighted by atomic mass is 9.98. The van der Waals surface area contributed by atoms with E-state index >= 15 is 9.59 Å². The number of nitrogens with one attached hydrogen (secondary N) is 1. The van der Waals surface area contributed by atoms with E-state index in [4.69, 9.17) is 19.0 Å². The number of nitrogens with zero attached hydrogens (tertiary/aromatic N) is 5. The maximum Gasteiger partial charge on any atom is 0.429 e. The summed E-state index contributed by atoms with van der Waals surface area (Å²) in [5, 5.41) is 7.01. The first-order chi connectivity index (χ1) is 37.2. The number of carbonyl (C=O) groups is 7. The quantitative estimate of drug-likeness (QED) is 0.0653. The van der Waals surface area contributed by atoms with Crippen LogP contribution in [0, 0.1) is 5.92 Å². The van der Waals surface area contributed by atoms with Crippen LogP contribution in [0.25, 0.3) is 11.1 Å². The second kappa shape index (κ2) is 25.7. The molecule has 1 N–H and O–H groups in total. The lowest BCUT2D eigenvalue weighted by Crippen LogP contribution is -2.67. The highest BCUT2D eigenvalue weighted by atomic mass is 16.8. The topological polar surface area (TPSA) is 185 Å². The van der Waals surface area contributed by atoms with Crippen LogP contribution in [-0.2, 0) is 69.1 Å². The van der Waals surface area contributed by atoms with Crippen molar-refractivity contribution >= 4 is 41.8 Å². The van der Waals surface area contributed by atoms with Crippen LogP contribution in [0.2, 0.25) is 0 Å². The Morgan fingerprint density at radius 2 is 1.18 bits per heavy atom. The number of hydrogen-bond acceptors (Lipinski definition) is 12. The van der Waals surface area contributed by atoms with Crippen molar-refractivity contribution < 1.29 is 52.6 Å². The normalized spacial score (nSPS) is 17.1. The number of hydroxylamine groups is 1. The van der Waals surface area contributed by atoms with Crippen molar-refractivity contribution in [3.8, 4) is 11.1 Å². The molecule has 2 saturated heterocycles. The maximum absolute atomic E-state index is 15.2. The van der Waals surface area contributed by atoms with Crippen LogP contribution in [0.1, 0.15) is 99.1 Å². The van der Waals surface area contributed by atoms with Gasteiger partial charge in [-0.15, -0.1) is 0 Å². The Balaban J connectivity index is 1.04. The van der Waals surface area contributed by atoms with E-state index in [1.807, 2.05) is 106 Å². The SMILES string of the molecule is CCc1ccc(COC(=O)[C@H](CC(C)C)NC(=O)[C@H]2CCCN(C(=O)OCc3ccccc3)N2C(=O)[C@H](C)N(C)C(=O)[C@H]2CCCN(OC(=O)Cc3ccccc3)N2C(=O)OCC2c3ccccc3-c3ccccc32)cc1. The predicted octanol–water partition coefficient (Wildman–Crippen LogP) is 8.55. The van der Waals surface area contributed by atoms with Crippen molar-refractivity contribution in [3.05, 3.63) is 167 Å². The van der Waals surface area contributed by atoms with E-state index in [0.29, 0.717) is 17.5 Å². The summed E-state index contributed by atoms with van der Waals surface area (Å²) in [6, 6.07) is 36.2. The van der Waals surface area contributed by atoms with Crippen LogP contribution in [0.5, 0.6) is 0 Å². The standard InChI is InChI=1S/C60H68N6O11/c1-6-42-29-31-45(32-30-42)37-74-58(71)51(35-40(2)3)61-55(68)52-27-17-33-63(59(72)75-38-44-21-11-8-12-22-44)65(52)56(69)41(4)62(5)57(70)53-28-18-34-64(77-54(67)36-43-19-9-7-10-20-43)66(53)60(73)76-39-50-48-25-15-13-23-46(48)47-24-14-16-26-49(47)50/h7-16,19-26,29-32,40-41,50-53H,6,17-18,27-28,33-39H2,1-5H3,(H,61,68)/t41-,51-,52+,53+/m0/s1. The van der Waals surface area contributed by atoms with Crippen LogP contribution in [0.15, 0.2) is 133 Å². The first kappa shape index (κ1) is 55.2. The van der Waals surface area contributed by atoms with Crippen molar-refractivity contribution in [1.82, 2.24) is 30.4 Å². The molecule has 17 heteroatoms. The lowest BCUT2D eigenvalue weighted by Gasteiger charge is -2.45. The third-order valence-electron chi connectivity index (χ3n) is 14.3. The summed E-state index contributed by atoms with van der Waals surface area (Å²) >= 11 is 0. The van der Waals surface area contributed by atoms with E-state index in [1.54, 1.807) is 48.5 Å². The van der Waals surface area contributed by atoms with Crippen LogP contribution in [0.4, 0.5) is 9.59 Å². The number of esters is 1. The molecule has 2 heterocycles. The number of ether oxygens (including phenoxy) is 3. The zero-order chi connectivity index (χ0) is 54.6. The smallest absolute Gasteiger partial charge is 0.429 e. The third-order valence-corrected chi connectivity index (χ3v) is 14.3. The number of hydrazine groups is 2. The highest BCUT2D eigenvalue weighted by Gasteiger charge is 2.47. The van der Waals surface area contributed by atoms with Gasteiger partial charge in [0.15, 0.2) is 0 Å². The molecular formula is C60H68N6O11. The van der Waals surface area contributed by atoms with Crippen molar-refractivity contribution in [2.24, 2.45) is 5.92 Å². The molecule has 5 aromatic carbocycles. The highest BCUT2D eigenvalue weighted by molar-refractivity contribution is 5.95. The summed E-state index contributed by atoms with van der Waals surface area (Å²) < 4.78 is 17.6. The molecule has 0 saturated carbocycles. The Morgan fingerprint density at radius 1 is 0.623 bits per heavy atom. The average molecular weight is 1050 g/mol. The van der Waals surface area contributed by atoms with Crippen molar-refractivity contribution in [2.45, 2.75) is 116 Å². The summed E-state index contributed by atoms with van der Waals surface area (Å²) in [5.41, 5.74) is 7.25. The van der Waals surface area contributed by atoms with Gasteiger partial charge in [0.25, 0.3) is 5.91 Å². The van der Waals surface area contributed by atoms with Crippen molar-refractivity contribution in [3.63, 3.8) is 0 Å². The molecule has 0 aromatic heterocycles. The van der Waals surface area contributed by atoms with Crippen LogP contribution >= 0.6 is 0 Å². The van der Waals surface area contributed by atoms with Crippen LogP contribution in [-0.4, -0.2) is 118 Å². The summed E-state index contributed by atoms with van der Waals surface area (Å²) in [7, 11) is 1.39. The molecule has 0 spiro atoms. The van der Waals surface area contributed by atoms with Gasteiger partial charge in [-0.1, -0.05) is 154 Å². The van der Waals surface area contributed by atoms with Crippen LogP contribution < -0.4 is 5.32 Å². The Labute approximate surface area is 449 Å².